The summed E-state index contributed by atoms with van der Waals surface area (Å²) in [7, 11) is 1.64. The predicted octanol–water partition coefficient (Wildman–Crippen LogP) is 2.97. The lowest BCUT2D eigenvalue weighted by Crippen LogP contribution is -2.31. The molecule has 1 aromatic rings. The fourth-order valence-corrected chi connectivity index (χ4v) is 1.88. The molecule has 1 unspecified atom stereocenters. The number of ether oxygens (including phenoxy) is 1. The highest BCUT2D eigenvalue weighted by Crippen LogP contribution is 2.11. The molecule has 0 aliphatic heterocycles. The van der Waals surface area contributed by atoms with Crippen LogP contribution in [0.25, 0.3) is 0 Å². The van der Waals surface area contributed by atoms with Gasteiger partial charge in [-0.25, -0.2) is 4.98 Å². The summed E-state index contributed by atoms with van der Waals surface area (Å²) in [6.45, 7) is 7.03. The van der Waals surface area contributed by atoms with Crippen LogP contribution in [-0.2, 0) is 6.42 Å². The number of methoxy groups -OCH3 is 1. The minimum absolute atomic E-state index is 0.498. The smallest absolute Gasteiger partial charge is 0.212 e. The summed E-state index contributed by atoms with van der Waals surface area (Å²) in [6, 6.07) is 4.50. The standard InChI is InChI=1S/C15H24N2O/c1-4-6-7-14(16-10-5-2)11-13-8-9-15(18-3)17-12-13/h4,8-9,12,14,16H,1,5-7,10-11H2,2-3H3. The van der Waals surface area contributed by atoms with Crippen LogP contribution in [0.15, 0.2) is 31.0 Å². The second-order valence-electron chi connectivity index (χ2n) is 4.43. The van der Waals surface area contributed by atoms with E-state index in [0.29, 0.717) is 11.9 Å². The molecule has 0 bridgehead atoms. The average molecular weight is 248 g/mol. The molecule has 0 aliphatic rings. The fourth-order valence-electron chi connectivity index (χ4n) is 1.88. The minimum Gasteiger partial charge on any atom is -0.481 e. The van der Waals surface area contributed by atoms with Gasteiger partial charge in [0.05, 0.1) is 7.11 Å². The van der Waals surface area contributed by atoms with E-state index in [1.807, 2.05) is 18.3 Å². The molecule has 0 amide bonds. The largest absolute Gasteiger partial charge is 0.481 e. The lowest BCUT2D eigenvalue weighted by atomic mass is 10.0. The molecule has 0 aromatic carbocycles. The summed E-state index contributed by atoms with van der Waals surface area (Å²) in [5.74, 6) is 0.669. The Morgan fingerprint density at radius 3 is 2.89 bits per heavy atom. The van der Waals surface area contributed by atoms with Gasteiger partial charge in [-0.1, -0.05) is 19.1 Å². The van der Waals surface area contributed by atoms with Crippen molar-refractivity contribution >= 4 is 0 Å². The highest BCUT2D eigenvalue weighted by atomic mass is 16.5. The summed E-state index contributed by atoms with van der Waals surface area (Å²) in [5, 5.41) is 3.57. The van der Waals surface area contributed by atoms with Crippen molar-refractivity contribution in [1.29, 1.82) is 0 Å². The molecular formula is C15H24N2O. The summed E-state index contributed by atoms with van der Waals surface area (Å²) in [4.78, 5) is 4.24. The molecule has 0 spiro atoms. The van der Waals surface area contributed by atoms with Gasteiger partial charge in [0.25, 0.3) is 0 Å². The molecule has 100 valence electrons. The topological polar surface area (TPSA) is 34.1 Å². The van der Waals surface area contributed by atoms with Crippen molar-refractivity contribution in [2.75, 3.05) is 13.7 Å². The van der Waals surface area contributed by atoms with Crippen LogP contribution in [0.3, 0.4) is 0 Å². The van der Waals surface area contributed by atoms with E-state index in [4.69, 9.17) is 4.74 Å². The van der Waals surface area contributed by atoms with Crippen LogP contribution in [0.4, 0.5) is 0 Å². The quantitative estimate of drug-likeness (QED) is 0.682. The molecule has 1 heterocycles. The third kappa shape index (κ3) is 5.32. The van der Waals surface area contributed by atoms with Gasteiger partial charge in [0.1, 0.15) is 0 Å². The molecule has 0 radical (unpaired) electrons. The first-order valence-corrected chi connectivity index (χ1v) is 6.63. The van der Waals surface area contributed by atoms with E-state index in [1.54, 1.807) is 7.11 Å². The van der Waals surface area contributed by atoms with Gasteiger partial charge < -0.3 is 10.1 Å². The zero-order valence-corrected chi connectivity index (χ0v) is 11.5. The van der Waals surface area contributed by atoms with Gasteiger partial charge in [-0.15, -0.1) is 6.58 Å². The Balaban J connectivity index is 2.53. The summed E-state index contributed by atoms with van der Waals surface area (Å²) < 4.78 is 5.06. The number of pyridine rings is 1. The van der Waals surface area contributed by atoms with Gasteiger partial charge in [0.2, 0.25) is 5.88 Å². The van der Waals surface area contributed by atoms with Gasteiger partial charge in [0.15, 0.2) is 0 Å². The fraction of sp³-hybridized carbons (Fsp3) is 0.533. The van der Waals surface area contributed by atoms with E-state index in [9.17, 15) is 0 Å². The number of allylic oxidation sites excluding steroid dienone is 1. The molecule has 1 rings (SSSR count). The maximum Gasteiger partial charge on any atom is 0.212 e. The molecule has 3 heteroatoms. The molecular weight excluding hydrogens is 224 g/mol. The number of hydrogen-bond donors (Lipinski definition) is 1. The van der Waals surface area contributed by atoms with Crippen LogP contribution < -0.4 is 10.1 Å². The molecule has 0 fully saturated rings. The molecule has 0 saturated carbocycles. The van der Waals surface area contributed by atoms with E-state index in [1.165, 1.54) is 5.56 Å². The van der Waals surface area contributed by atoms with Crippen LogP contribution in [0.2, 0.25) is 0 Å². The summed E-state index contributed by atoms with van der Waals surface area (Å²) in [6.07, 6.45) is 8.21. The van der Waals surface area contributed by atoms with Crippen molar-refractivity contribution in [2.45, 2.75) is 38.6 Å². The highest BCUT2D eigenvalue weighted by molar-refractivity contribution is 5.18. The van der Waals surface area contributed by atoms with E-state index >= 15 is 0 Å². The van der Waals surface area contributed by atoms with Crippen molar-refractivity contribution in [2.24, 2.45) is 0 Å². The minimum atomic E-state index is 0.498. The molecule has 0 aliphatic carbocycles. The Morgan fingerprint density at radius 1 is 1.50 bits per heavy atom. The van der Waals surface area contributed by atoms with Gasteiger partial charge in [-0.2, -0.15) is 0 Å². The summed E-state index contributed by atoms with van der Waals surface area (Å²) >= 11 is 0. The lowest BCUT2D eigenvalue weighted by molar-refractivity contribution is 0.397. The molecule has 1 N–H and O–H groups in total. The molecule has 18 heavy (non-hydrogen) atoms. The Morgan fingerprint density at radius 2 is 2.33 bits per heavy atom. The number of nitrogens with zero attached hydrogens (tertiary/aromatic N) is 1. The average Bonchev–Trinajstić information content (AvgIpc) is 2.42. The Kier molecular flexibility index (Phi) is 7.11. The Bertz CT molecular complexity index is 335. The second kappa shape index (κ2) is 8.70. The first-order valence-electron chi connectivity index (χ1n) is 6.63. The molecule has 3 nitrogen and oxygen atoms in total. The van der Waals surface area contributed by atoms with Gasteiger partial charge in [0, 0.05) is 18.3 Å². The van der Waals surface area contributed by atoms with Crippen LogP contribution in [0, 0.1) is 0 Å². The highest BCUT2D eigenvalue weighted by Gasteiger charge is 2.08. The first-order chi connectivity index (χ1) is 8.80. The Hall–Kier alpha value is -1.35. The van der Waals surface area contributed by atoms with E-state index in [-0.39, 0.29) is 0 Å². The maximum absolute atomic E-state index is 5.06. The third-order valence-corrected chi connectivity index (χ3v) is 2.89. The summed E-state index contributed by atoms with van der Waals surface area (Å²) in [5.41, 5.74) is 1.24. The number of nitrogens with one attached hydrogen (secondary N) is 1. The molecule has 1 aromatic heterocycles. The van der Waals surface area contributed by atoms with Crippen molar-refractivity contribution in [1.82, 2.24) is 10.3 Å². The van der Waals surface area contributed by atoms with Crippen molar-refractivity contribution in [3.8, 4) is 5.88 Å². The lowest BCUT2D eigenvalue weighted by Gasteiger charge is -2.17. The Labute approximate surface area is 110 Å². The van der Waals surface area contributed by atoms with E-state index in [2.05, 4.69) is 29.9 Å². The zero-order valence-electron chi connectivity index (χ0n) is 11.5. The van der Waals surface area contributed by atoms with Gasteiger partial charge >= 0.3 is 0 Å². The van der Waals surface area contributed by atoms with Crippen molar-refractivity contribution in [3.63, 3.8) is 0 Å². The third-order valence-electron chi connectivity index (χ3n) is 2.89. The second-order valence-corrected chi connectivity index (χ2v) is 4.43. The van der Waals surface area contributed by atoms with Gasteiger partial charge in [-0.3, -0.25) is 0 Å². The number of aromatic nitrogens is 1. The molecule has 1 atom stereocenters. The normalized spacial score (nSPS) is 12.1. The van der Waals surface area contributed by atoms with Crippen LogP contribution in [0.5, 0.6) is 5.88 Å². The van der Waals surface area contributed by atoms with E-state index < -0.39 is 0 Å². The first kappa shape index (κ1) is 14.7. The molecule has 0 saturated heterocycles. The maximum atomic E-state index is 5.06. The van der Waals surface area contributed by atoms with Crippen LogP contribution in [-0.4, -0.2) is 24.7 Å². The van der Waals surface area contributed by atoms with E-state index in [0.717, 1.165) is 32.2 Å². The SMILES string of the molecule is C=CCCC(Cc1ccc(OC)nc1)NCCC. The van der Waals surface area contributed by atoms with Crippen LogP contribution >= 0.6 is 0 Å². The zero-order chi connectivity index (χ0) is 13.2. The van der Waals surface area contributed by atoms with Crippen molar-refractivity contribution in [3.05, 3.63) is 36.5 Å². The van der Waals surface area contributed by atoms with Crippen LogP contribution in [0.1, 0.15) is 31.7 Å². The predicted molar refractivity (Wildman–Crippen MR) is 76.0 cm³/mol. The van der Waals surface area contributed by atoms with Crippen molar-refractivity contribution < 1.29 is 4.74 Å². The monoisotopic (exact) mass is 248 g/mol. The number of hydrogen-bond acceptors (Lipinski definition) is 3. The van der Waals surface area contributed by atoms with Gasteiger partial charge in [-0.05, 0) is 37.8 Å². The number of rotatable bonds is 9.